The summed E-state index contributed by atoms with van der Waals surface area (Å²) in [6, 6.07) is 10.1. The first kappa shape index (κ1) is 26.5. The number of carbonyl (C=O) groups excluding carboxylic acids is 1. The van der Waals surface area contributed by atoms with Crippen LogP contribution in [-0.4, -0.2) is 33.4 Å². The van der Waals surface area contributed by atoms with Gasteiger partial charge in [-0.05, 0) is 67.8 Å². The van der Waals surface area contributed by atoms with Crippen molar-refractivity contribution in [3.8, 4) is 17.2 Å². The van der Waals surface area contributed by atoms with E-state index in [1.54, 1.807) is 36.4 Å². The number of benzene rings is 2. The van der Waals surface area contributed by atoms with Gasteiger partial charge in [0.05, 0.1) is 13.5 Å². The van der Waals surface area contributed by atoms with Crippen molar-refractivity contribution in [1.29, 1.82) is 0 Å². The van der Waals surface area contributed by atoms with E-state index in [2.05, 4.69) is 5.32 Å². The fourth-order valence-corrected chi connectivity index (χ4v) is 3.69. The second-order valence-corrected chi connectivity index (χ2v) is 12.0. The number of amides is 1. The van der Waals surface area contributed by atoms with Crippen molar-refractivity contribution < 1.29 is 28.7 Å². The molecule has 2 aromatic carbocycles. The van der Waals surface area contributed by atoms with Gasteiger partial charge in [-0.25, -0.2) is 0 Å². The second kappa shape index (κ2) is 10.5. The van der Waals surface area contributed by atoms with Crippen molar-refractivity contribution in [2.24, 2.45) is 5.41 Å². The van der Waals surface area contributed by atoms with Gasteiger partial charge in [0.1, 0.15) is 16.2 Å². The number of hydrogen-bond donors (Lipinski definition) is 2. The number of rotatable bonds is 8. The molecule has 1 unspecified atom stereocenters. The average Bonchev–Trinajstić information content (AvgIpc) is 2.68. The van der Waals surface area contributed by atoms with Crippen LogP contribution in [0.25, 0.3) is 0 Å². The molecule has 7 nitrogen and oxygen atoms in total. The van der Waals surface area contributed by atoms with E-state index in [1.165, 1.54) is 7.11 Å². The minimum Gasteiger partial charge on any atom is -0.616 e. The minimum absolute atomic E-state index is 0.137. The Balaban J connectivity index is 2.46. The highest BCUT2D eigenvalue weighted by molar-refractivity contribution is 7.91. The third kappa shape index (κ3) is 7.68. The standard InChI is InChI=1S/C25H33NO6S/c1-24(2,3)23(29)26-18-9-11-19(17(14-18)15-33(30)25(4,5)6)32-21-12-16(13-22(27)28)8-10-20(21)31-7/h8-12,14H,13,15H2,1-7H3,(H,26,29)(H,27,28). The SMILES string of the molecule is COc1ccc(CC(=O)O)cc1Oc1ccc(NC(=O)C(C)(C)C)cc1C[S+]([O-])C(C)(C)C. The van der Waals surface area contributed by atoms with Gasteiger partial charge in [-0.1, -0.05) is 26.8 Å². The van der Waals surface area contributed by atoms with E-state index in [1.807, 2.05) is 41.5 Å². The van der Waals surface area contributed by atoms with Crippen LogP contribution in [0.5, 0.6) is 17.2 Å². The zero-order chi connectivity index (χ0) is 25.0. The number of ether oxygens (including phenoxy) is 2. The molecule has 0 heterocycles. The number of carboxylic acid groups (broad SMARTS) is 1. The molecule has 0 aliphatic carbocycles. The quantitative estimate of drug-likeness (QED) is 0.512. The van der Waals surface area contributed by atoms with Crippen LogP contribution >= 0.6 is 0 Å². The second-order valence-electron chi connectivity index (χ2n) is 9.79. The number of methoxy groups -OCH3 is 1. The molecule has 0 radical (unpaired) electrons. The van der Waals surface area contributed by atoms with Gasteiger partial charge in [0.25, 0.3) is 0 Å². The van der Waals surface area contributed by atoms with Gasteiger partial charge in [0.2, 0.25) is 5.91 Å². The van der Waals surface area contributed by atoms with Gasteiger partial charge in [0, 0.05) is 16.7 Å². The number of anilines is 1. The number of carbonyl (C=O) groups is 2. The van der Waals surface area contributed by atoms with E-state index in [9.17, 15) is 14.1 Å². The molecule has 33 heavy (non-hydrogen) atoms. The van der Waals surface area contributed by atoms with Crippen molar-refractivity contribution in [3.63, 3.8) is 0 Å². The molecule has 0 fully saturated rings. The first-order chi connectivity index (χ1) is 15.2. The van der Waals surface area contributed by atoms with E-state index in [0.29, 0.717) is 34.1 Å². The zero-order valence-corrected chi connectivity index (χ0v) is 21.1. The van der Waals surface area contributed by atoms with Gasteiger partial charge < -0.3 is 24.4 Å². The van der Waals surface area contributed by atoms with Crippen molar-refractivity contribution in [1.82, 2.24) is 0 Å². The summed E-state index contributed by atoms with van der Waals surface area (Å²) in [4.78, 5) is 23.6. The monoisotopic (exact) mass is 475 g/mol. The Labute approximate surface area is 198 Å². The Morgan fingerprint density at radius 3 is 2.18 bits per heavy atom. The van der Waals surface area contributed by atoms with Crippen LogP contribution in [0.1, 0.15) is 52.7 Å². The zero-order valence-electron chi connectivity index (χ0n) is 20.3. The number of carboxylic acids is 1. The summed E-state index contributed by atoms with van der Waals surface area (Å²) in [6.45, 7) is 11.2. The largest absolute Gasteiger partial charge is 0.616 e. The molecule has 2 N–H and O–H groups in total. The molecule has 2 aromatic rings. The van der Waals surface area contributed by atoms with Crippen LogP contribution in [0.3, 0.4) is 0 Å². The first-order valence-corrected chi connectivity index (χ1v) is 11.9. The van der Waals surface area contributed by atoms with Crippen LogP contribution in [0.2, 0.25) is 0 Å². The summed E-state index contributed by atoms with van der Waals surface area (Å²) in [5.41, 5.74) is 1.23. The summed E-state index contributed by atoms with van der Waals surface area (Å²) < 4.78 is 24.0. The van der Waals surface area contributed by atoms with Gasteiger partial charge >= 0.3 is 5.97 Å². The lowest BCUT2D eigenvalue weighted by Crippen LogP contribution is -2.29. The maximum Gasteiger partial charge on any atom is 0.307 e. The molecule has 0 aliphatic heterocycles. The highest BCUT2D eigenvalue weighted by Crippen LogP contribution is 2.37. The maximum absolute atomic E-state index is 12.9. The molecule has 180 valence electrons. The first-order valence-electron chi connectivity index (χ1n) is 10.6. The normalized spacial score (nSPS) is 12.7. The smallest absolute Gasteiger partial charge is 0.307 e. The van der Waals surface area contributed by atoms with Crippen molar-refractivity contribution in [3.05, 3.63) is 47.5 Å². The third-order valence-corrected chi connectivity index (χ3v) is 6.71. The van der Waals surface area contributed by atoms with Gasteiger partial charge in [-0.15, -0.1) is 0 Å². The topological polar surface area (TPSA) is 108 Å². The lowest BCUT2D eigenvalue weighted by Gasteiger charge is -2.26. The Morgan fingerprint density at radius 1 is 1.00 bits per heavy atom. The summed E-state index contributed by atoms with van der Waals surface area (Å²) in [5.74, 6) is 0.373. The van der Waals surface area contributed by atoms with E-state index < -0.39 is 27.3 Å². The molecule has 0 saturated heterocycles. The molecule has 8 heteroatoms. The number of nitrogens with one attached hydrogen (secondary N) is 1. The van der Waals surface area contributed by atoms with Crippen LogP contribution in [-0.2, 0) is 32.9 Å². The summed E-state index contributed by atoms with van der Waals surface area (Å²) in [6.07, 6.45) is -0.154. The third-order valence-electron chi connectivity index (χ3n) is 4.77. The lowest BCUT2D eigenvalue weighted by molar-refractivity contribution is -0.136. The number of aliphatic carboxylic acids is 1. The molecule has 0 aliphatic rings. The Bertz CT molecular complexity index is 1010. The molecule has 2 rings (SSSR count). The Hall–Kier alpha value is -2.71. The molecule has 0 saturated carbocycles. The van der Waals surface area contributed by atoms with E-state index in [4.69, 9.17) is 14.6 Å². The highest BCUT2D eigenvalue weighted by Gasteiger charge is 2.28. The Morgan fingerprint density at radius 2 is 1.64 bits per heavy atom. The van der Waals surface area contributed by atoms with Crippen molar-refractivity contribution >= 4 is 28.7 Å². The summed E-state index contributed by atoms with van der Waals surface area (Å²) in [5, 5.41) is 12.0. The molecule has 0 bridgehead atoms. The van der Waals surface area contributed by atoms with Crippen LogP contribution < -0.4 is 14.8 Å². The maximum atomic E-state index is 12.9. The predicted octanol–water partition coefficient (Wildman–Crippen LogP) is 5.15. The molecule has 0 aromatic heterocycles. The summed E-state index contributed by atoms with van der Waals surface area (Å²) in [7, 11) is 1.50. The van der Waals surface area contributed by atoms with Crippen LogP contribution in [0.4, 0.5) is 5.69 Å². The highest BCUT2D eigenvalue weighted by atomic mass is 32.2. The summed E-state index contributed by atoms with van der Waals surface area (Å²) >= 11 is -1.22. The fourth-order valence-electron chi connectivity index (χ4n) is 2.75. The minimum atomic E-state index is -1.22. The van der Waals surface area contributed by atoms with Crippen LogP contribution in [0, 0.1) is 5.41 Å². The van der Waals surface area contributed by atoms with E-state index in [-0.39, 0.29) is 18.1 Å². The molecular weight excluding hydrogens is 442 g/mol. The molecular formula is C25H33NO6S. The molecule has 1 atom stereocenters. The predicted molar refractivity (Wildman–Crippen MR) is 131 cm³/mol. The van der Waals surface area contributed by atoms with Crippen molar-refractivity contribution in [2.45, 2.75) is 58.5 Å². The van der Waals surface area contributed by atoms with E-state index >= 15 is 0 Å². The molecule has 1 amide bonds. The van der Waals surface area contributed by atoms with Crippen LogP contribution in [0.15, 0.2) is 36.4 Å². The molecule has 0 spiro atoms. The fraction of sp³-hybridized carbons (Fsp3) is 0.440. The Kier molecular flexibility index (Phi) is 8.43. The average molecular weight is 476 g/mol. The number of hydrogen-bond acceptors (Lipinski definition) is 5. The lowest BCUT2D eigenvalue weighted by atomic mass is 9.95. The van der Waals surface area contributed by atoms with Gasteiger partial charge in [0.15, 0.2) is 11.5 Å². The van der Waals surface area contributed by atoms with Crippen molar-refractivity contribution in [2.75, 3.05) is 12.4 Å². The van der Waals surface area contributed by atoms with Gasteiger partial charge in [-0.3, -0.25) is 9.59 Å². The van der Waals surface area contributed by atoms with E-state index in [0.717, 1.165) is 0 Å². The van der Waals surface area contributed by atoms with Gasteiger partial charge in [-0.2, -0.15) is 0 Å².